The van der Waals surface area contributed by atoms with Crippen LogP contribution in [0.3, 0.4) is 0 Å². The van der Waals surface area contributed by atoms with E-state index in [2.05, 4.69) is 71.9 Å². The van der Waals surface area contributed by atoms with Crippen LogP contribution in [0.25, 0.3) is 11.1 Å². The van der Waals surface area contributed by atoms with E-state index in [1.54, 1.807) is 14.2 Å². The topological polar surface area (TPSA) is 42.0 Å². The van der Waals surface area contributed by atoms with Crippen molar-refractivity contribution in [1.82, 2.24) is 9.80 Å². The van der Waals surface area contributed by atoms with Crippen molar-refractivity contribution in [3.8, 4) is 28.7 Å². The molecule has 0 atom stereocenters. The summed E-state index contributed by atoms with van der Waals surface area (Å²) in [6.07, 6.45) is 3.19. The van der Waals surface area contributed by atoms with Gasteiger partial charge in [0.15, 0.2) is 0 Å². The molecule has 4 rings (SSSR count). The molecule has 0 bridgehead atoms. The molecule has 1 aliphatic heterocycles. The van der Waals surface area contributed by atoms with Crippen LogP contribution in [-0.2, 0) is 11.3 Å². The highest BCUT2D eigenvalue weighted by Crippen LogP contribution is 2.26. The number of piperidine rings is 1. The zero-order chi connectivity index (χ0) is 28.3. The first-order valence-electron chi connectivity index (χ1n) is 14.3. The van der Waals surface area contributed by atoms with Crippen molar-refractivity contribution in [3.05, 3.63) is 89.5 Å². The van der Waals surface area contributed by atoms with Gasteiger partial charge in [0.25, 0.3) is 5.91 Å². The molecule has 0 unspecified atom stereocenters. The molecule has 0 saturated carbocycles. The summed E-state index contributed by atoms with van der Waals surface area (Å²) in [5.74, 6) is 7.71. The SMILES string of the molecule is COCC#Cc1cccc(C(=O)N(Cc2ccc(-c3ccc(OC)cc3)cc2)C2CCN(CCC(C)C)CC2)c1. The third kappa shape index (κ3) is 8.21. The van der Waals surface area contributed by atoms with Crippen molar-refractivity contribution in [3.63, 3.8) is 0 Å². The number of amides is 1. The van der Waals surface area contributed by atoms with E-state index in [1.165, 1.54) is 6.42 Å². The van der Waals surface area contributed by atoms with Crippen molar-refractivity contribution >= 4 is 5.91 Å². The zero-order valence-electron chi connectivity index (χ0n) is 24.4. The Bertz CT molecular complexity index is 1280. The van der Waals surface area contributed by atoms with Crippen LogP contribution in [0.4, 0.5) is 0 Å². The summed E-state index contributed by atoms with van der Waals surface area (Å²) >= 11 is 0. The van der Waals surface area contributed by atoms with Gasteiger partial charge in [0, 0.05) is 43.9 Å². The summed E-state index contributed by atoms with van der Waals surface area (Å²) in [6, 6.07) is 24.5. The summed E-state index contributed by atoms with van der Waals surface area (Å²) in [6.45, 7) is 8.69. The molecular weight excluding hydrogens is 496 g/mol. The predicted molar refractivity (Wildman–Crippen MR) is 162 cm³/mol. The van der Waals surface area contributed by atoms with Crippen molar-refractivity contribution in [2.45, 2.75) is 45.7 Å². The molecule has 210 valence electrons. The number of methoxy groups -OCH3 is 2. The minimum Gasteiger partial charge on any atom is -0.497 e. The average Bonchev–Trinajstić information content (AvgIpc) is 2.99. The Morgan fingerprint density at radius 2 is 1.65 bits per heavy atom. The second-order valence-corrected chi connectivity index (χ2v) is 10.9. The van der Waals surface area contributed by atoms with Crippen LogP contribution < -0.4 is 4.74 Å². The second kappa shape index (κ2) is 14.7. The summed E-state index contributed by atoms with van der Waals surface area (Å²) in [7, 11) is 3.31. The third-order valence-corrected chi connectivity index (χ3v) is 7.57. The van der Waals surface area contributed by atoms with E-state index in [0.29, 0.717) is 24.6 Å². The van der Waals surface area contributed by atoms with Crippen LogP contribution in [-0.4, -0.2) is 62.2 Å². The minimum absolute atomic E-state index is 0.0650. The summed E-state index contributed by atoms with van der Waals surface area (Å²) in [4.78, 5) is 18.6. The van der Waals surface area contributed by atoms with Crippen LogP contribution >= 0.6 is 0 Å². The van der Waals surface area contributed by atoms with Gasteiger partial charge in [-0.25, -0.2) is 0 Å². The monoisotopic (exact) mass is 538 g/mol. The van der Waals surface area contributed by atoms with Crippen LogP contribution in [0, 0.1) is 17.8 Å². The van der Waals surface area contributed by atoms with Crippen molar-refractivity contribution in [2.75, 3.05) is 40.5 Å². The van der Waals surface area contributed by atoms with Crippen LogP contribution in [0.15, 0.2) is 72.8 Å². The maximum atomic E-state index is 14.0. The van der Waals surface area contributed by atoms with Crippen LogP contribution in [0.1, 0.15) is 54.6 Å². The number of hydrogen-bond donors (Lipinski definition) is 0. The summed E-state index contributed by atoms with van der Waals surface area (Å²) in [5, 5.41) is 0. The van der Waals surface area contributed by atoms with E-state index in [0.717, 1.165) is 60.5 Å². The minimum atomic E-state index is 0.0650. The largest absolute Gasteiger partial charge is 0.497 e. The van der Waals surface area contributed by atoms with Gasteiger partial charge in [0.05, 0.1) is 7.11 Å². The first kappa shape index (κ1) is 29.4. The highest BCUT2D eigenvalue weighted by molar-refractivity contribution is 5.94. The maximum Gasteiger partial charge on any atom is 0.254 e. The van der Waals surface area contributed by atoms with Gasteiger partial charge in [-0.3, -0.25) is 4.79 Å². The Morgan fingerprint density at radius 1 is 0.975 bits per heavy atom. The molecule has 1 heterocycles. The molecule has 0 radical (unpaired) electrons. The van der Waals surface area contributed by atoms with Gasteiger partial charge < -0.3 is 19.3 Å². The van der Waals surface area contributed by atoms with E-state index < -0.39 is 0 Å². The van der Waals surface area contributed by atoms with Crippen molar-refractivity contribution in [1.29, 1.82) is 0 Å². The van der Waals surface area contributed by atoms with E-state index in [1.807, 2.05) is 36.4 Å². The first-order chi connectivity index (χ1) is 19.5. The normalized spacial score (nSPS) is 14.0. The number of benzene rings is 3. The second-order valence-electron chi connectivity index (χ2n) is 10.9. The Hall–Kier alpha value is -3.59. The fraction of sp³-hybridized carbons (Fsp3) is 0.400. The number of hydrogen-bond acceptors (Lipinski definition) is 4. The van der Waals surface area contributed by atoms with Gasteiger partial charge in [-0.15, -0.1) is 0 Å². The molecule has 3 aromatic rings. The van der Waals surface area contributed by atoms with Gasteiger partial charge in [-0.05, 0) is 78.7 Å². The standard InChI is InChI=1S/C35H42N2O3/c1-27(2)18-21-36-22-19-33(20-23-36)37(35(38)32-9-5-7-28(25-32)8-6-24-39-3)26-29-10-12-30(13-11-29)31-14-16-34(40-4)17-15-31/h5,7,9-17,25,27,33H,18-24,26H2,1-4H3. The molecule has 0 aliphatic carbocycles. The van der Waals surface area contributed by atoms with Crippen molar-refractivity contribution in [2.24, 2.45) is 5.92 Å². The molecule has 3 aromatic carbocycles. The molecule has 5 nitrogen and oxygen atoms in total. The van der Waals surface area contributed by atoms with E-state index >= 15 is 0 Å². The van der Waals surface area contributed by atoms with Crippen LogP contribution in [0.2, 0.25) is 0 Å². The lowest BCUT2D eigenvalue weighted by molar-refractivity contribution is 0.0546. The maximum absolute atomic E-state index is 14.0. The molecule has 1 aliphatic rings. The van der Waals surface area contributed by atoms with Gasteiger partial charge in [0.1, 0.15) is 12.4 Å². The fourth-order valence-corrected chi connectivity index (χ4v) is 5.15. The Morgan fingerprint density at radius 3 is 2.27 bits per heavy atom. The fourth-order valence-electron chi connectivity index (χ4n) is 5.15. The molecule has 0 aromatic heterocycles. The summed E-state index contributed by atoms with van der Waals surface area (Å²) < 4.78 is 10.3. The Balaban J connectivity index is 1.53. The predicted octanol–water partition coefficient (Wildman–Crippen LogP) is 6.51. The molecule has 5 heteroatoms. The molecule has 0 spiro atoms. The molecule has 1 saturated heterocycles. The van der Waals surface area contributed by atoms with Gasteiger partial charge in [-0.1, -0.05) is 68.2 Å². The first-order valence-corrected chi connectivity index (χ1v) is 14.3. The molecule has 1 amide bonds. The zero-order valence-corrected chi connectivity index (χ0v) is 24.4. The van der Waals surface area contributed by atoms with Gasteiger partial charge >= 0.3 is 0 Å². The lowest BCUT2D eigenvalue weighted by Gasteiger charge is -2.39. The molecular formula is C35H42N2O3. The van der Waals surface area contributed by atoms with E-state index in [4.69, 9.17) is 9.47 Å². The molecule has 1 fully saturated rings. The van der Waals surface area contributed by atoms with Gasteiger partial charge in [0.2, 0.25) is 0 Å². The molecule has 0 N–H and O–H groups in total. The van der Waals surface area contributed by atoms with Crippen molar-refractivity contribution < 1.29 is 14.3 Å². The van der Waals surface area contributed by atoms with E-state index in [9.17, 15) is 4.79 Å². The van der Waals surface area contributed by atoms with E-state index in [-0.39, 0.29) is 11.9 Å². The number of likely N-dealkylation sites (tertiary alicyclic amines) is 1. The number of ether oxygens (including phenoxy) is 2. The lowest BCUT2D eigenvalue weighted by Crippen LogP contribution is -2.47. The Labute approximate surface area is 240 Å². The highest BCUT2D eigenvalue weighted by atomic mass is 16.5. The molecule has 40 heavy (non-hydrogen) atoms. The number of carbonyl (C=O) groups excluding carboxylic acids is 1. The van der Waals surface area contributed by atoms with Crippen LogP contribution in [0.5, 0.6) is 5.75 Å². The number of carbonyl (C=O) groups is 1. The quantitative estimate of drug-likeness (QED) is 0.276. The smallest absolute Gasteiger partial charge is 0.254 e. The third-order valence-electron chi connectivity index (χ3n) is 7.57. The highest BCUT2D eigenvalue weighted by Gasteiger charge is 2.29. The summed E-state index contributed by atoms with van der Waals surface area (Å²) in [5.41, 5.74) is 4.92. The Kier molecular flexibility index (Phi) is 10.8. The van der Waals surface area contributed by atoms with Gasteiger partial charge in [-0.2, -0.15) is 0 Å². The number of rotatable bonds is 10. The lowest BCUT2D eigenvalue weighted by atomic mass is 9.99. The number of nitrogens with zero attached hydrogens (tertiary/aromatic N) is 2. The average molecular weight is 539 g/mol.